The van der Waals surface area contributed by atoms with Crippen molar-refractivity contribution < 1.29 is 14.3 Å². The molecule has 2 aromatic carbocycles. The zero-order valence-corrected chi connectivity index (χ0v) is 17.1. The van der Waals surface area contributed by atoms with Gasteiger partial charge in [-0.25, -0.2) is 4.79 Å². The zero-order valence-electron chi connectivity index (χ0n) is 13.9. The molecule has 25 heavy (non-hydrogen) atoms. The molecule has 1 aromatic heterocycles. The van der Waals surface area contributed by atoms with Crippen LogP contribution in [0.1, 0.15) is 23.0 Å². The number of methoxy groups -OCH3 is 1. The first-order valence-corrected chi connectivity index (χ1v) is 9.73. The van der Waals surface area contributed by atoms with Crippen molar-refractivity contribution in [3.63, 3.8) is 0 Å². The SMILES string of the molecule is CCOC(=O)c1c(CBr)n(-c2ccccc2)c2cc(Br)c(OC)cc12. The predicted molar refractivity (Wildman–Crippen MR) is 106 cm³/mol. The van der Waals surface area contributed by atoms with Crippen LogP contribution in [0.4, 0.5) is 0 Å². The first-order valence-electron chi connectivity index (χ1n) is 7.81. The van der Waals surface area contributed by atoms with Crippen LogP contribution in [0.2, 0.25) is 0 Å². The maximum Gasteiger partial charge on any atom is 0.340 e. The monoisotopic (exact) mass is 465 g/mol. The van der Waals surface area contributed by atoms with Gasteiger partial charge in [-0.15, -0.1) is 0 Å². The van der Waals surface area contributed by atoms with Crippen LogP contribution in [0.5, 0.6) is 5.75 Å². The van der Waals surface area contributed by atoms with Gasteiger partial charge in [-0.1, -0.05) is 34.1 Å². The van der Waals surface area contributed by atoms with Crippen molar-refractivity contribution in [2.45, 2.75) is 12.3 Å². The number of aromatic nitrogens is 1. The Morgan fingerprint density at radius 2 is 1.92 bits per heavy atom. The van der Waals surface area contributed by atoms with E-state index >= 15 is 0 Å². The summed E-state index contributed by atoms with van der Waals surface area (Å²) >= 11 is 7.08. The van der Waals surface area contributed by atoms with Crippen molar-refractivity contribution in [2.24, 2.45) is 0 Å². The van der Waals surface area contributed by atoms with E-state index in [2.05, 4.69) is 36.4 Å². The van der Waals surface area contributed by atoms with E-state index in [1.807, 2.05) is 42.5 Å². The van der Waals surface area contributed by atoms with Crippen molar-refractivity contribution in [2.75, 3.05) is 13.7 Å². The average Bonchev–Trinajstić information content (AvgIpc) is 2.94. The van der Waals surface area contributed by atoms with E-state index in [-0.39, 0.29) is 5.97 Å². The van der Waals surface area contributed by atoms with Gasteiger partial charge >= 0.3 is 5.97 Å². The molecule has 0 unspecified atom stereocenters. The number of benzene rings is 2. The van der Waals surface area contributed by atoms with Crippen LogP contribution >= 0.6 is 31.9 Å². The highest BCUT2D eigenvalue weighted by Gasteiger charge is 2.25. The number of fused-ring (bicyclic) bond motifs is 1. The fraction of sp³-hybridized carbons (Fsp3) is 0.211. The van der Waals surface area contributed by atoms with Crippen LogP contribution in [0.15, 0.2) is 46.9 Å². The molecule has 0 N–H and O–H groups in total. The summed E-state index contributed by atoms with van der Waals surface area (Å²) in [6.45, 7) is 2.13. The summed E-state index contributed by atoms with van der Waals surface area (Å²) < 4.78 is 13.6. The first kappa shape index (κ1) is 18.0. The molecule has 0 aliphatic heterocycles. The fourth-order valence-electron chi connectivity index (χ4n) is 2.93. The molecule has 0 aliphatic carbocycles. The molecule has 1 heterocycles. The van der Waals surface area contributed by atoms with Crippen LogP contribution < -0.4 is 4.74 Å². The van der Waals surface area contributed by atoms with Crippen LogP contribution in [0, 0.1) is 0 Å². The smallest absolute Gasteiger partial charge is 0.340 e. The van der Waals surface area contributed by atoms with Crippen molar-refractivity contribution in [1.29, 1.82) is 0 Å². The lowest BCUT2D eigenvalue weighted by Crippen LogP contribution is -2.08. The number of rotatable bonds is 5. The Labute approximate surface area is 163 Å². The van der Waals surface area contributed by atoms with Crippen LogP contribution in [0.3, 0.4) is 0 Å². The van der Waals surface area contributed by atoms with Gasteiger partial charge < -0.3 is 14.0 Å². The highest BCUT2D eigenvalue weighted by molar-refractivity contribution is 9.10. The molecule has 0 amide bonds. The van der Waals surface area contributed by atoms with Crippen LogP contribution in [0.25, 0.3) is 16.6 Å². The third-order valence-corrected chi connectivity index (χ3v) is 5.11. The summed E-state index contributed by atoms with van der Waals surface area (Å²) in [6, 6.07) is 13.8. The second-order valence-electron chi connectivity index (χ2n) is 5.35. The number of esters is 1. The Kier molecular flexibility index (Phi) is 5.49. The van der Waals surface area contributed by atoms with Crippen LogP contribution in [-0.4, -0.2) is 24.3 Å². The number of halogens is 2. The molecular weight excluding hydrogens is 450 g/mol. The van der Waals surface area contributed by atoms with E-state index in [1.165, 1.54) is 0 Å². The molecule has 0 aliphatic rings. The van der Waals surface area contributed by atoms with Crippen molar-refractivity contribution >= 4 is 48.7 Å². The van der Waals surface area contributed by atoms with Gasteiger partial charge in [-0.3, -0.25) is 0 Å². The number of hydrogen-bond acceptors (Lipinski definition) is 3. The minimum absolute atomic E-state index is 0.326. The zero-order chi connectivity index (χ0) is 18.0. The minimum atomic E-state index is -0.332. The van der Waals surface area contributed by atoms with E-state index in [0.29, 0.717) is 23.2 Å². The average molecular weight is 467 g/mol. The summed E-state index contributed by atoms with van der Waals surface area (Å²) in [7, 11) is 1.61. The first-order chi connectivity index (χ1) is 12.1. The highest BCUT2D eigenvalue weighted by atomic mass is 79.9. The van der Waals surface area contributed by atoms with Gasteiger partial charge in [0.15, 0.2) is 0 Å². The molecular formula is C19H17Br2NO3. The summed E-state index contributed by atoms with van der Waals surface area (Å²) in [5.74, 6) is 0.338. The Hall–Kier alpha value is -1.79. The second-order valence-corrected chi connectivity index (χ2v) is 6.77. The number of alkyl halides is 1. The number of ether oxygens (including phenoxy) is 2. The molecule has 4 nitrogen and oxygen atoms in total. The van der Waals surface area contributed by atoms with Crippen molar-refractivity contribution in [3.05, 3.63) is 58.2 Å². The van der Waals surface area contributed by atoms with E-state index in [9.17, 15) is 4.79 Å². The number of carbonyl (C=O) groups excluding carboxylic acids is 1. The van der Waals surface area contributed by atoms with Gasteiger partial charge in [0.05, 0.1) is 29.3 Å². The van der Waals surface area contributed by atoms with Crippen LogP contribution in [-0.2, 0) is 10.1 Å². The predicted octanol–water partition coefficient (Wildman–Crippen LogP) is 5.47. The number of nitrogens with zero attached hydrogens (tertiary/aromatic N) is 1. The molecule has 0 saturated heterocycles. The maximum absolute atomic E-state index is 12.7. The van der Waals surface area contributed by atoms with Crippen molar-refractivity contribution in [3.8, 4) is 11.4 Å². The lowest BCUT2D eigenvalue weighted by molar-refractivity contribution is 0.0527. The Bertz CT molecular complexity index is 920. The summed E-state index contributed by atoms with van der Waals surface area (Å²) in [5.41, 5.74) is 3.30. The lowest BCUT2D eigenvalue weighted by Gasteiger charge is -2.10. The molecule has 0 bridgehead atoms. The van der Waals surface area contributed by atoms with Gasteiger partial charge in [0.1, 0.15) is 5.75 Å². The van der Waals surface area contributed by atoms with Gasteiger partial charge in [-0.2, -0.15) is 0 Å². The Morgan fingerprint density at radius 1 is 1.20 bits per heavy atom. The topological polar surface area (TPSA) is 40.5 Å². The third-order valence-electron chi connectivity index (χ3n) is 3.96. The maximum atomic E-state index is 12.7. The quantitative estimate of drug-likeness (QED) is 0.369. The summed E-state index contributed by atoms with van der Waals surface area (Å²) in [4.78, 5) is 12.7. The number of para-hydroxylation sites is 1. The number of hydrogen-bond donors (Lipinski definition) is 0. The molecule has 130 valence electrons. The molecule has 3 rings (SSSR count). The molecule has 6 heteroatoms. The van der Waals surface area contributed by atoms with Gasteiger partial charge in [0, 0.05) is 22.1 Å². The minimum Gasteiger partial charge on any atom is -0.496 e. The summed E-state index contributed by atoms with van der Waals surface area (Å²) in [6.07, 6.45) is 0. The molecule has 0 fully saturated rings. The van der Waals surface area contributed by atoms with E-state index in [4.69, 9.17) is 9.47 Å². The molecule has 3 aromatic rings. The van der Waals surface area contributed by atoms with E-state index < -0.39 is 0 Å². The Balaban J connectivity index is 2.42. The Morgan fingerprint density at radius 3 is 2.52 bits per heavy atom. The molecule has 0 saturated carbocycles. The molecule has 0 atom stereocenters. The molecule has 0 spiro atoms. The van der Waals surface area contributed by atoms with E-state index in [1.54, 1.807) is 14.0 Å². The fourth-order valence-corrected chi connectivity index (χ4v) is 3.95. The third kappa shape index (κ3) is 3.20. The lowest BCUT2D eigenvalue weighted by atomic mass is 10.1. The largest absolute Gasteiger partial charge is 0.496 e. The second kappa shape index (κ2) is 7.62. The van der Waals surface area contributed by atoms with Gasteiger partial charge in [0.25, 0.3) is 0 Å². The van der Waals surface area contributed by atoms with Gasteiger partial charge in [0.2, 0.25) is 0 Å². The standard InChI is InChI=1S/C19H17Br2NO3/c1-3-25-19(23)18-13-9-17(24-2)14(21)10-15(13)22(16(18)11-20)12-7-5-4-6-8-12/h4-10H,3,11H2,1-2H3. The molecule has 0 radical (unpaired) electrons. The van der Waals surface area contributed by atoms with Gasteiger partial charge in [-0.05, 0) is 47.1 Å². The van der Waals surface area contributed by atoms with E-state index in [0.717, 1.165) is 26.8 Å². The van der Waals surface area contributed by atoms with Crippen molar-refractivity contribution in [1.82, 2.24) is 4.57 Å². The summed E-state index contributed by atoms with van der Waals surface area (Å²) in [5, 5.41) is 1.32. The highest BCUT2D eigenvalue weighted by Crippen LogP contribution is 2.37. The number of carbonyl (C=O) groups is 1. The normalized spacial score (nSPS) is 10.9.